The normalized spacial score (nSPS) is 18.6. The SMILES string of the molecule is CNC(=O)CCN(C)C(=O)N1CSC[C@H]1C(=O)O. The van der Waals surface area contributed by atoms with Gasteiger partial charge in [0, 0.05) is 32.8 Å². The van der Waals surface area contributed by atoms with E-state index in [-0.39, 0.29) is 24.9 Å². The van der Waals surface area contributed by atoms with Crippen molar-refractivity contribution in [2.75, 3.05) is 32.3 Å². The summed E-state index contributed by atoms with van der Waals surface area (Å²) in [6, 6.07) is -1.12. The molecule has 0 unspecified atom stereocenters. The van der Waals surface area contributed by atoms with Crippen LogP contribution in [0.1, 0.15) is 6.42 Å². The van der Waals surface area contributed by atoms with Gasteiger partial charge in [-0.3, -0.25) is 4.79 Å². The maximum Gasteiger partial charge on any atom is 0.327 e. The number of amides is 3. The lowest BCUT2D eigenvalue weighted by Gasteiger charge is -2.26. The maximum atomic E-state index is 12.0. The predicted octanol–water partition coefficient (Wildman–Crippen LogP) is -0.366. The average molecular weight is 275 g/mol. The summed E-state index contributed by atoms with van der Waals surface area (Å²) in [7, 11) is 3.09. The van der Waals surface area contributed by atoms with Gasteiger partial charge in [0.15, 0.2) is 0 Å². The van der Waals surface area contributed by atoms with E-state index in [0.717, 1.165) is 0 Å². The van der Waals surface area contributed by atoms with E-state index >= 15 is 0 Å². The Balaban J connectivity index is 2.52. The van der Waals surface area contributed by atoms with Crippen LogP contribution in [0.5, 0.6) is 0 Å². The topological polar surface area (TPSA) is 90.0 Å². The number of carboxylic acid groups (broad SMARTS) is 1. The largest absolute Gasteiger partial charge is 0.480 e. The maximum absolute atomic E-state index is 12.0. The van der Waals surface area contributed by atoms with Crippen LogP contribution in [0.25, 0.3) is 0 Å². The first-order valence-electron chi connectivity index (χ1n) is 5.50. The van der Waals surface area contributed by atoms with Crippen molar-refractivity contribution in [3.05, 3.63) is 0 Å². The third kappa shape index (κ3) is 3.52. The van der Waals surface area contributed by atoms with Gasteiger partial charge in [0.05, 0.1) is 5.88 Å². The van der Waals surface area contributed by atoms with Gasteiger partial charge in [0.25, 0.3) is 0 Å². The number of nitrogens with zero attached hydrogens (tertiary/aromatic N) is 2. The molecule has 0 saturated carbocycles. The summed E-state index contributed by atoms with van der Waals surface area (Å²) in [6.45, 7) is 0.270. The second kappa shape index (κ2) is 6.48. The van der Waals surface area contributed by atoms with E-state index in [1.54, 1.807) is 7.05 Å². The molecule has 0 aliphatic carbocycles. The lowest BCUT2D eigenvalue weighted by Crippen LogP contribution is -2.48. The number of thioether (sulfide) groups is 1. The summed E-state index contributed by atoms with van der Waals surface area (Å²) in [6.07, 6.45) is 0.206. The van der Waals surface area contributed by atoms with Gasteiger partial charge in [0.2, 0.25) is 5.91 Å². The highest BCUT2D eigenvalue weighted by Crippen LogP contribution is 2.22. The summed E-state index contributed by atoms with van der Waals surface area (Å²) < 4.78 is 0. The molecule has 1 heterocycles. The molecule has 0 spiro atoms. The fraction of sp³-hybridized carbons (Fsp3) is 0.700. The summed E-state index contributed by atoms with van der Waals surface area (Å²) in [5.41, 5.74) is 0. The van der Waals surface area contributed by atoms with Crippen molar-refractivity contribution in [2.45, 2.75) is 12.5 Å². The zero-order chi connectivity index (χ0) is 13.7. The molecule has 8 heteroatoms. The van der Waals surface area contributed by atoms with Crippen LogP contribution >= 0.6 is 11.8 Å². The Morgan fingerprint density at radius 1 is 1.50 bits per heavy atom. The fourth-order valence-electron chi connectivity index (χ4n) is 1.54. The number of carbonyl (C=O) groups is 3. The molecule has 0 aromatic heterocycles. The summed E-state index contributed by atoms with van der Waals surface area (Å²) in [4.78, 5) is 36.7. The summed E-state index contributed by atoms with van der Waals surface area (Å²) >= 11 is 1.41. The van der Waals surface area contributed by atoms with Gasteiger partial charge >= 0.3 is 12.0 Å². The summed E-state index contributed by atoms with van der Waals surface area (Å²) in [5, 5.41) is 11.4. The number of nitrogens with one attached hydrogen (secondary N) is 1. The van der Waals surface area contributed by atoms with Crippen LogP contribution in [0.4, 0.5) is 4.79 Å². The minimum atomic E-state index is -0.993. The van der Waals surface area contributed by atoms with Crippen LogP contribution in [0, 0.1) is 0 Å². The highest BCUT2D eigenvalue weighted by atomic mass is 32.2. The van der Waals surface area contributed by atoms with E-state index in [9.17, 15) is 14.4 Å². The van der Waals surface area contributed by atoms with Crippen LogP contribution in [0.3, 0.4) is 0 Å². The van der Waals surface area contributed by atoms with E-state index in [1.807, 2.05) is 0 Å². The monoisotopic (exact) mass is 275 g/mol. The smallest absolute Gasteiger partial charge is 0.327 e. The number of aliphatic carboxylic acids is 1. The third-order valence-electron chi connectivity index (χ3n) is 2.69. The molecule has 7 nitrogen and oxygen atoms in total. The lowest BCUT2D eigenvalue weighted by molar-refractivity contribution is -0.141. The van der Waals surface area contributed by atoms with Gasteiger partial charge < -0.3 is 20.2 Å². The van der Waals surface area contributed by atoms with E-state index < -0.39 is 12.0 Å². The minimum absolute atomic E-state index is 0.153. The van der Waals surface area contributed by atoms with Gasteiger partial charge in [-0.05, 0) is 0 Å². The van der Waals surface area contributed by atoms with Crippen LogP contribution in [0.15, 0.2) is 0 Å². The van der Waals surface area contributed by atoms with Gasteiger partial charge in [-0.2, -0.15) is 0 Å². The molecule has 3 amide bonds. The Bertz CT molecular complexity index is 350. The van der Waals surface area contributed by atoms with Crippen molar-refractivity contribution in [3.63, 3.8) is 0 Å². The molecule has 1 atom stereocenters. The van der Waals surface area contributed by atoms with Crippen molar-refractivity contribution >= 4 is 29.7 Å². The summed E-state index contributed by atoms with van der Waals surface area (Å²) in [5.74, 6) is -0.363. The Kier molecular flexibility index (Phi) is 5.26. The number of carbonyl (C=O) groups excluding carboxylic acids is 2. The standard InChI is InChI=1S/C10H17N3O4S/c1-11-8(14)3-4-12(2)10(17)13-6-18-5-7(13)9(15)16/h7H,3-6H2,1-2H3,(H,11,14)(H,15,16)/t7-/m0/s1. The van der Waals surface area contributed by atoms with Crippen molar-refractivity contribution in [1.82, 2.24) is 15.1 Å². The molecule has 1 saturated heterocycles. The second-order valence-electron chi connectivity index (χ2n) is 3.95. The van der Waals surface area contributed by atoms with E-state index in [0.29, 0.717) is 11.6 Å². The van der Waals surface area contributed by atoms with E-state index in [1.165, 1.54) is 28.6 Å². The molecule has 0 radical (unpaired) electrons. The van der Waals surface area contributed by atoms with Crippen LogP contribution in [0.2, 0.25) is 0 Å². The molecule has 2 N–H and O–H groups in total. The van der Waals surface area contributed by atoms with Crippen molar-refractivity contribution in [2.24, 2.45) is 0 Å². The molecule has 1 fully saturated rings. The zero-order valence-corrected chi connectivity index (χ0v) is 11.2. The molecule has 1 aliphatic heterocycles. The minimum Gasteiger partial charge on any atom is -0.480 e. The van der Waals surface area contributed by atoms with Gasteiger partial charge in [-0.1, -0.05) is 0 Å². The molecule has 0 bridgehead atoms. The highest BCUT2D eigenvalue weighted by Gasteiger charge is 2.35. The third-order valence-corrected chi connectivity index (χ3v) is 3.70. The number of rotatable bonds is 4. The first-order chi connectivity index (χ1) is 8.47. The Labute approximate surface area is 109 Å². The van der Waals surface area contributed by atoms with Gasteiger partial charge in [0.1, 0.15) is 6.04 Å². The lowest BCUT2D eigenvalue weighted by atomic mass is 10.3. The van der Waals surface area contributed by atoms with Crippen molar-refractivity contribution in [1.29, 1.82) is 0 Å². The van der Waals surface area contributed by atoms with Crippen LogP contribution in [-0.2, 0) is 9.59 Å². The number of hydrogen-bond donors (Lipinski definition) is 2. The number of carboxylic acids is 1. The quantitative estimate of drug-likeness (QED) is 0.731. The van der Waals surface area contributed by atoms with Crippen LogP contribution in [-0.4, -0.2) is 71.1 Å². The second-order valence-corrected chi connectivity index (χ2v) is 4.95. The molecule has 0 aromatic rings. The fourth-order valence-corrected chi connectivity index (χ4v) is 2.68. The van der Waals surface area contributed by atoms with Crippen molar-refractivity contribution < 1.29 is 19.5 Å². The highest BCUT2D eigenvalue weighted by molar-refractivity contribution is 7.99. The number of hydrogen-bond acceptors (Lipinski definition) is 4. The van der Waals surface area contributed by atoms with E-state index in [2.05, 4.69) is 5.32 Å². The molecule has 0 aromatic carbocycles. The van der Waals surface area contributed by atoms with Gasteiger partial charge in [-0.15, -0.1) is 11.8 Å². The molecule has 1 rings (SSSR count). The Hall–Kier alpha value is -1.44. The molecular formula is C10H17N3O4S. The predicted molar refractivity (Wildman–Crippen MR) is 67.3 cm³/mol. The Morgan fingerprint density at radius 2 is 2.17 bits per heavy atom. The van der Waals surface area contributed by atoms with Crippen LogP contribution < -0.4 is 5.32 Å². The van der Waals surface area contributed by atoms with Crippen molar-refractivity contribution in [3.8, 4) is 0 Å². The molecule has 18 heavy (non-hydrogen) atoms. The van der Waals surface area contributed by atoms with E-state index in [4.69, 9.17) is 5.11 Å². The molecular weight excluding hydrogens is 258 g/mol. The zero-order valence-electron chi connectivity index (χ0n) is 10.4. The number of urea groups is 1. The Morgan fingerprint density at radius 3 is 2.72 bits per heavy atom. The first kappa shape index (κ1) is 14.6. The average Bonchev–Trinajstić information content (AvgIpc) is 2.83. The first-order valence-corrected chi connectivity index (χ1v) is 6.65. The molecule has 102 valence electrons. The van der Waals surface area contributed by atoms with Gasteiger partial charge in [-0.25, -0.2) is 9.59 Å². The molecule has 1 aliphatic rings.